The van der Waals surface area contributed by atoms with Gasteiger partial charge < -0.3 is 10.0 Å². The Balaban J connectivity index is 1.47. The summed E-state index contributed by atoms with van der Waals surface area (Å²) in [6.45, 7) is 0. The van der Waals surface area contributed by atoms with Crippen LogP contribution in [-0.2, 0) is 7.05 Å². The van der Waals surface area contributed by atoms with Crippen molar-refractivity contribution in [2.24, 2.45) is 7.05 Å². The number of benzene rings is 2. The van der Waals surface area contributed by atoms with E-state index in [0.717, 1.165) is 11.4 Å². The van der Waals surface area contributed by atoms with Crippen molar-refractivity contribution >= 4 is 28.7 Å². The Morgan fingerprint density at radius 3 is 2.68 bits per heavy atom. The highest BCUT2D eigenvalue weighted by Crippen LogP contribution is 2.29. The van der Waals surface area contributed by atoms with E-state index in [-0.39, 0.29) is 0 Å². The number of pyridine rings is 1. The van der Waals surface area contributed by atoms with Gasteiger partial charge >= 0.3 is 0 Å². The molecule has 1 aliphatic rings. The van der Waals surface area contributed by atoms with Crippen molar-refractivity contribution in [3.63, 3.8) is 0 Å². The minimum atomic E-state index is -0.530. The van der Waals surface area contributed by atoms with Gasteiger partial charge in [0.15, 0.2) is 0 Å². The van der Waals surface area contributed by atoms with Gasteiger partial charge in [0.25, 0.3) is 0 Å². The lowest BCUT2D eigenvalue weighted by atomic mass is 10.1. The van der Waals surface area contributed by atoms with Crippen LogP contribution in [0.25, 0.3) is 23.1 Å². The van der Waals surface area contributed by atoms with Gasteiger partial charge in [-0.25, -0.2) is 0 Å². The summed E-state index contributed by atoms with van der Waals surface area (Å²) in [5, 5.41) is 11.7. The summed E-state index contributed by atoms with van der Waals surface area (Å²) in [6, 6.07) is 20.8. The van der Waals surface area contributed by atoms with E-state index in [1.165, 1.54) is 22.2 Å². The molecule has 1 atom stereocenters. The third-order valence-corrected chi connectivity index (χ3v) is 5.30. The molecule has 3 heteroatoms. The minimum Gasteiger partial charge on any atom is -0.389 e. The van der Waals surface area contributed by atoms with Crippen molar-refractivity contribution in [1.29, 1.82) is 0 Å². The SMILES string of the molecule is CN1/C(=C/CC(O)/C=C/c2ccc3ccccc3[n+]2C)C=Cc2ccccc21. The molecule has 1 unspecified atom stereocenters. The summed E-state index contributed by atoms with van der Waals surface area (Å²) in [6.07, 6.45) is 10.2. The van der Waals surface area contributed by atoms with Crippen LogP contribution in [0.15, 0.2) is 84.6 Å². The van der Waals surface area contributed by atoms with E-state index in [2.05, 4.69) is 78.2 Å². The number of para-hydroxylation sites is 2. The summed E-state index contributed by atoms with van der Waals surface area (Å²) in [5.41, 5.74) is 5.74. The Morgan fingerprint density at radius 2 is 1.79 bits per heavy atom. The van der Waals surface area contributed by atoms with E-state index in [4.69, 9.17) is 0 Å². The van der Waals surface area contributed by atoms with Gasteiger partial charge in [0.05, 0.1) is 6.10 Å². The van der Waals surface area contributed by atoms with Gasteiger partial charge in [-0.15, -0.1) is 0 Å². The fourth-order valence-corrected chi connectivity index (χ4v) is 3.62. The molecule has 1 N–H and O–H groups in total. The third-order valence-electron chi connectivity index (χ3n) is 5.30. The molecule has 0 saturated heterocycles. The molecule has 1 aromatic heterocycles. The fourth-order valence-electron chi connectivity index (χ4n) is 3.62. The molecule has 0 radical (unpaired) electrons. The summed E-state index contributed by atoms with van der Waals surface area (Å²) < 4.78 is 2.14. The number of likely N-dealkylation sites (N-methyl/N-ethyl adjacent to an activating group) is 1. The molecular formula is C25H25N2O+. The zero-order valence-electron chi connectivity index (χ0n) is 16.3. The lowest BCUT2D eigenvalue weighted by Crippen LogP contribution is -2.32. The lowest BCUT2D eigenvalue weighted by molar-refractivity contribution is -0.646. The first-order valence-electron chi connectivity index (χ1n) is 9.58. The van der Waals surface area contributed by atoms with Crippen LogP contribution in [0.2, 0.25) is 0 Å². The van der Waals surface area contributed by atoms with Crippen LogP contribution in [0.4, 0.5) is 5.69 Å². The second-order valence-electron chi connectivity index (χ2n) is 7.12. The van der Waals surface area contributed by atoms with E-state index >= 15 is 0 Å². The number of aliphatic hydroxyl groups excluding tert-OH is 1. The van der Waals surface area contributed by atoms with Crippen LogP contribution in [0.5, 0.6) is 0 Å². The molecule has 0 bridgehead atoms. The maximum Gasteiger partial charge on any atom is 0.212 e. The molecule has 28 heavy (non-hydrogen) atoms. The highest BCUT2D eigenvalue weighted by atomic mass is 16.3. The van der Waals surface area contributed by atoms with E-state index in [1.807, 2.05) is 36.4 Å². The highest BCUT2D eigenvalue weighted by Gasteiger charge is 2.13. The first-order valence-corrected chi connectivity index (χ1v) is 9.58. The molecule has 0 fully saturated rings. The maximum atomic E-state index is 10.4. The molecule has 0 saturated carbocycles. The largest absolute Gasteiger partial charge is 0.389 e. The standard InChI is InChI=1S/C25H25N2O/c1-26-21(13-11-19-7-3-5-9-24(19)26)15-17-23(28)18-16-22-14-12-20-8-4-6-10-25(20)27(22)2/h3-17,23,28H,18H2,1-2H3/q+1/b17-15+,22-16+. The molecule has 0 amide bonds. The Bertz CT molecular complexity index is 1090. The average Bonchev–Trinajstić information content (AvgIpc) is 2.73. The number of nitrogens with zero attached hydrogens (tertiary/aromatic N) is 2. The van der Waals surface area contributed by atoms with Gasteiger partial charge in [-0.1, -0.05) is 42.5 Å². The van der Waals surface area contributed by atoms with Gasteiger partial charge in [-0.2, -0.15) is 4.57 Å². The second-order valence-corrected chi connectivity index (χ2v) is 7.12. The van der Waals surface area contributed by atoms with E-state index in [0.29, 0.717) is 6.42 Å². The molecule has 2 aromatic carbocycles. The Hall–Kier alpha value is -3.17. The minimum absolute atomic E-state index is 0.530. The smallest absolute Gasteiger partial charge is 0.212 e. The number of hydrogen-bond donors (Lipinski definition) is 1. The van der Waals surface area contributed by atoms with Crippen LogP contribution in [0.3, 0.4) is 0 Å². The Kier molecular flexibility index (Phi) is 5.09. The molecule has 4 rings (SSSR count). The van der Waals surface area contributed by atoms with Crippen LogP contribution >= 0.6 is 0 Å². The number of aliphatic hydroxyl groups is 1. The fraction of sp³-hybridized carbons (Fsp3) is 0.160. The Morgan fingerprint density at radius 1 is 1.00 bits per heavy atom. The van der Waals surface area contributed by atoms with Gasteiger partial charge in [0, 0.05) is 42.0 Å². The lowest BCUT2D eigenvalue weighted by Gasteiger charge is -2.26. The van der Waals surface area contributed by atoms with Crippen molar-refractivity contribution < 1.29 is 9.67 Å². The van der Waals surface area contributed by atoms with E-state index < -0.39 is 6.10 Å². The Labute approximate surface area is 166 Å². The zero-order valence-corrected chi connectivity index (χ0v) is 16.3. The van der Waals surface area contributed by atoms with Gasteiger partial charge in [-0.05, 0) is 42.3 Å². The molecule has 3 nitrogen and oxygen atoms in total. The van der Waals surface area contributed by atoms with Crippen molar-refractivity contribution in [1.82, 2.24) is 0 Å². The van der Waals surface area contributed by atoms with Crippen LogP contribution in [-0.4, -0.2) is 18.3 Å². The number of rotatable bonds is 4. The number of allylic oxidation sites excluding steroid dienone is 1. The summed E-state index contributed by atoms with van der Waals surface area (Å²) >= 11 is 0. The topological polar surface area (TPSA) is 27.3 Å². The molecule has 0 spiro atoms. The number of fused-ring (bicyclic) bond motifs is 2. The molecule has 3 aromatic rings. The monoisotopic (exact) mass is 369 g/mol. The molecule has 1 aliphatic heterocycles. The maximum absolute atomic E-state index is 10.4. The zero-order chi connectivity index (χ0) is 19.5. The van der Waals surface area contributed by atoms with Crippen molar-refractivity contribution in [3.05, 3.63) is 95.8 Å². The van der Waals surface area contributed by atoms with E-state index in [1.54, 1.807) is 0 Å². The average molecular weight is 369 g/mol. The molecule has 0 aliphatic carbocycles. The predicted molar refractivity (Wildman–Crippen MR) is 117 cm³/mol. The number of anilines is 1. The van der Waals surface area contributed by atoms with E-state index in [9.17, 15) is 5.11 Å². The van der Waals surface area contributed by atoms with Gasteiger partial charge in [0.1, 0.15) is 7.05 Å². The first kappa shape index (κ1) is 18.2. The van der Waals surface area contributed by atoms with Gasteiger partial charge in [0.2, 0.25) is 11.2 Å². The summed E-state index contributed by atoms with van der Waals surface area (Å²) in [4.78, 5) is 2.16. The predicted octanol–water partition coefficient (Wildman–Crippen LogP) is 4.48. The normalized spacial score (nSPS) is 16.1. The number of aromatic nitrogens is 1. The van der Waals surface area contributed by atoms with Crippen molar-refractivity contribution in [2.45, 2.75) is 12.5 Å². The summed E-state index contributed by atoms with van der Waals surface area (Å²) in [7, 11) is 4.11. The van der Waals surface area contributed by atoms with Crippen molar-refractivity contribution in [2.75, 3.05) is 11.9 Å². The molecule has 2 heterocycles. The quantitative estimate of drug-likeness (QED) is 0.687. The number of hydrogen-bond acceptors (Lipinski definition) is 2. The molecule has 140 valence electrons. The van der Waals surface area contributed by atoms with Crippen LogP contribution in [0.1, 0.15) is 17.7 Å². The second kappa shape index (κ2) is 7.83. The highest BCUT2D eigenvalue weighted by molar-refractivity contribution is 5.76. The molecular weight excluding hydrogens is 344 g/mol. The number of aryl methyl sites for hydroxylation is 1. The summed E-state index contributed by atoms with van der Waals surface area (Å²) in [5.74, 6) is 0. The van der Waals surface area contributed by atoms with Gasteiger partial charge in [-0.3, -0.25) is 0 Å². The van der Waals surface area contributed by atoms with Crippen LogP contribution in [0, 0.1) is 0 Å². The third kappa shape index (κ3) is 3.62. The van der Waals surface area contributed by atoms with Crippen molar-refractivity contribution in [3.8, 4) is 0 Å². The van der Waals surface area contributed by atoms with Crippen LogP contribution < -0.4 is 9.47 Å². The first-order chi connectivity index (χ1) is 13.6.